The van der Waals surface area contributed by atoms with Crippen molar-refractivity contribution in [1.82, 2.24) is 0 Å². The van der Waals surface area contributed by atoms with E-state index in [4.69, 9.17) is 0 Å². The lowest BCUT2D eigenvalue weighted by Gasteiger charge is -2.36. The summed E-state index contributed by atoms with van der Waals surface area (Å²) in [7, 11) is 0. The van der Waals surface area contributed by atoms with Crippen LogP contribution in [0.15, 0.2) is 11.6 Å². The van der Waals surface area contributed by atoms with Gasteiger partial charge in [0.25, 0.3) is 0 Å². The maximum absolute atomic E-state index is 12.0. The molecule has 0 bridgehead atoms. The van der Waals surface area contributed by atoms with Gasteiger partial charge < -0.3 is 0 Å². The molecule has 1 atom stereocenters. The Labute approximate surface area is 110 Å². The number of ketones is 2. The van der Waals surface area contributed by atoms with Crippen molar-refractivity contribution in [3.63, 3.8) is 0 Å². The molecule has 1 unspecified atom stereocenters. The second kappa shape index (κ2) is 4.32. The molecule has 2 aliphatic carbocycles. The zero-order chi connectivity index (χ0) is 13.6. The highest BCUT2D eigenvalue weighted by Gasteiger charge is 2.48. The summed E-state index contributed by atoms with van der Waals surface area (Å²) in [4.78, 5) is 24.0. The summed E-state index contributed by atoms with van der Waals surface area (Å²) in [5.74, 6) is 0.928. The van der Waals surface area contributed by atoms with Gasteiger partial charge >= 0.3 is 0 Å². The predicted molar refractivity (Wildman–Crippen MR) is 72.2 cm³/mol. The Kier molecular flexibility index (Phi) is 3.25. The van der Waals surface area contributed by atoms with Crippen LogP contribution in [0, 0.1) is 16.7 Å². The molecule has 2 heteroatoms. The molecule has 1 saturated carbocycles. The van der Waals surface area contributed by atoms with Crippen LogP contribution in [0.25, 0.3) is 0 Å². The van der Waals surface area contributed by atoms with Crippen LogP contribution in [0.4, 0.5) is 0 Å². The summed E-state index contributed by atoms with van der Waals surface area (Å²) in [6.45, 7) is 8.65. The van der Waals surface area contributed by atoms with Crippen molar-refractivity contribution < 1.29 is 9.59 Å². The number of hydrogen-bond acceptors (Lipinski definition) is 2. The molecule has 0 radical (unpaired) electrons. The van der Waals surface area contributed by atoms with Crippen LogP contribution in [0.1, 0.15) is 59.8 Å². The average Bonchev–Trinajstić information content (AvgIpc) is 2.57. The summed E-state index contributed by atoms with van der Waals surface area (Å²) < 4.78 is 0. The lowest BCUT2D eigenvalue weighted by atomic mass is 9.67. The molecule has 2 aliphatic rings. The molecular formula is C16H24O2. The summed E-state index contributed by atoms with van der Waals surface area (Å²) in [5, 5.41) is 0. The van der Waals surface area contributed by atoms with Crippen LogP contribution < -0.4 is 0 Å². The molecule has 0 aromatic heterocycles. The molecule has 0 saturated heterocycles. The minimum Gasteiger partial charge on any atom is -0.298 e. The van der Waals surface area contributed by atoms with Gasteiger partial charge in [0.1, 0.15) is 5.41 Å². The van der Waals surface area contributed by atoms with Crippen molar-refractivity contribution in [3.8, 4) is 0 Å². The smallest absolute Gasteiger partial charge is 0.150 e. The third-order valence-electron chi connectivity index (χ3n) is 4.97. The first kappa shape index (κ1) is 13.5. The molecule has 100 valence electrons. The Balaban J connectivity index is 2.20. The first-order valence-electron chi connectivity index (χ1n) is 7.02. The van der Waals surface area contributed by atoms with Gasteiger partial charge in [-0.15, -0.1) is 0 Å². The fourth-order valence-corrected chi connectivity index (χ4v) is 3.32. The Morgan fingerprint density at radius 3 is 2.06 bits per heavy atom. The summed E-state index contributed by atoms with van der Waals surface area (Å²) in [6.07, 6.45) is 6.08. The van der Waals surface area contributed by atoms with E-state index in [1.807, 2.05) is 6.92 Å². The summed E-state index contributed by atoms with van der Waals surface area (Å²) in [6, 6.07) is 0. The van der Waals surface area contributed by atoms with E-state index in [-0.39, 0.29) is 11.6 Å². The lowest BCUT2D eigenvalue weighted by Crippen LogP contribution is -2.34. The summed E-state index contributed by atoms with van der Waals surface area (Å²) >= 11 is 0. The second-order valence-electron chi connectivity index (χ2n) is 7.04. The van der Waals surface area contributed by atoms with E-state index in [2.05, 4.69) is 26.8 Å². The van der Waals surface area contributed by atoms with E-state index in [1.54, 1.807) is 0 Å². The number of carbonyl (C=O) groups is 2. The molecule has 18 heavy (non-hydrogen) atoms. The molecule has 2 rings (SSSR count). The van der Waals surface area contributed by atoms with Crippen LogP contribution in [0.5, 0.6) is 0 Å². The lowest BCUT2D eigenvalue weighted by molar-refractivity contribution is -0.131. The van der Waals surface area contributed by atoms with Crippen LogP contribution in [-0.2, 0) is 9.59 Å². The Bertz CT molecular complexity index is 393. The minimum absolute atomic E-state index is 0.132. The topological polar surface area (TPSA) is 34.1 Å². The maximum Gasteiger partial charge on any atom is 0.150 e. The number of Topliss-reactive ketones (excluding diaryl/α,β-unsaturated/α-hetero) is 2. The average molecular weight is 248 g/mol. The molecule has 2 nitrogen and oxygen atoms in total. The Morgan fingerprint density at radius 1 is 1.11 bits per heavy atom. The predicted octanol–water partition coefficient (Wildman–Crippen LogP) is 3.70. The SMILES string of the molecule is CC1(C2=CCC(C(C)(C)C)CC2)C(=O)CCC1=O. The minimum atomic E-state index is -0.775. The molecule has 0 aromatic rings. The maximum atomic E-state index is 12.0. The van der Waals surface area contributed by atoms with Gasteiger partial charge in [0.2, 0.25) is 0 Å². The van der Waals surface area contributed by atoms with Gasteiger partial charge in [0, 0.05) is 12.8 Å². The van der Waals surface area contributed by atoms with E-state index in [1.165, 1.54) is 0 Å². The van der Waals surface area contributed by atoms with E-state index in [0.717, 1.165) is 24.8 Å². The quantitative estimate of drug-likeness (QED) is 0.524. The molecule has 0 amide bonds. The van der Waals surface area contributed by atoms with Gasteiger partial charge in [-0.25, -0.2) is 0 Å². The van der Waals surface area contributed by atoms with Crippen molar-refractivity contribution in [1.29, 1.82) is 0 Å². The van der Waals surface area contributed by atoms with Crippen molar-refractivity contribution in [2.24, 2.45) is 16.7 Å². The van der Waals surface area contributed by atoms with Crippen LogP contribution >= 0.6 is 0 Å². The van der Waals surface area contributed by atoms with E-state index < -0.39 is 5.41 Å². The molecule has 1 fully saturated rings. The standard InChI is InChI=1S/C16H24O2/c1-15(2,3)11-5-7-12(8-6-11)16(4)13(17)9-10-14(16)18/h7,11H,5-6,8-10H2,1-4H3. The molecule has 0 heterocycles. The van der Waals surface area contributed by atoms with Crippen molar-refractivity contribution in [2.75, 3.05) is 0 Å². The fraction of sp³-hybridized carbons (Fsp3) is 0.750. The van der Waals surface area contributed by atoms with Crippen LogP contribution in [-0.4, -0.2) is 11.6 Å². The second-order valence-corrected chi connectivity index (χ2v) is 7.04. The third kappa shape index (κ3) is 2.06. The van der Waals surface area contributed by atoms with E-state index in [9.17, 15) is 9.59 Å². The Hall–Kier alpha value is -0.920. The van der Waals surface area contributed by atoms with E-state index in [0.29, 0.717) is 24.2 Å². The van der Waals surface area contributed by atoms with Gasteiger partial charge in [-0.3, -0.25) is 9.59 Å². The van der Waals surface area contributed by atoms with E-state index >= 15 is 0 Å². The van der Waals surface area contributed by atoms with Crippen LogP contribution in [0.3, 0.4) is 0 Å². The zero-order valence-electron chi connectivity index (χ0n) is 12.0. The molecule has 0 N–H and O–H groups in total. The number of carbonyl (C=O) groups excluding carboxylic acids is 2. The molecular weight excluding hydrogens is 224 g/mol. The fourth-order valence-electron chi connectivity index (χ4n) is 3.32. The van der Waals surface area contributed by atoms with Gasteiger partial charge in [0.05, 0.1) is 0 Å². The summed E-state index contributed by atoms with van der Waals surface area (Å²) in [5.41, 5.74) is 0.630. The first-order chi connectivity index (χ1) is 8.26. The van der Waals surface area contributed by atoms with Gasteiger partial charge in [0.15, 0.2) is 11.6 Å². The van der Waals surface area contributed by atoms with Crippen molar-refractivity contribution in [2.45, 2.75) is 59.8 Å². The monoisotopic (exact) mass is 248 g/mol. The Morgan fingerprint density at radius 2 is 1.67 bits per heavy atom. The molecule has 0 aliphatic heterocycles. The normalized spacial score (nSPS) is 28.4. The van der Waals surface area contributed by atoms with Gasteiger partial charge in [-0.05, 0) is 37.5 Å². The number of allylic oxidation sites excluding steroid dienone is 2. The van der Waals surface area contributed by atoms with Crippen molar-refractivity contribution in [3.05, 3.63) is 11.6 Å². The first-order valence-corrected chi connectivity index (χ1v) is 7.02. The highest BCUT2D eigenvalue weighted by molar-refractivity contribution is 6.15. The van der Waals surface area contributed by atoms with Gasteiger partial charge in [-0.1, -0.05) is 32.4 Å². The highest BCUT2D eigenvalue weighted by atomic mass is 16.2. The molecule has 0 aromatic carbocycles. The highest BCUT2D eigenvalue weighted by Crippen LogP contribution is 2.45. The number of rotatable bonds is 1. The van der Waals surface area contributed by atoms with Crippen molar-refractivity contribution >= 4 is 11.6 Å². The largest absolute Gasteiger partial charge is 0.298 e. The molecule has 0 spiro atoms. The third-order valence-corrected chi connectivity index (χ3v) is 4.97. The van der Waals surface area contributed by atoms with Gasteiger partial charge in [-0.2, -0.15) is 0 Å². The number of hydrogen-bond donors (Lipinski definition) is 0. The zero-order valence-corrected chi connectivity index (χ0v) is 12.0. The van der Waals surface area contributed by atoms with Crippen LogP contribution in [0.2, 0.25) is 0 Å².